The maximum atomic E-state index is 13.9. The van der Waals surface area contributed by atoms with Crippen molar-refractivity contribution in [3.8, 4) is 0 Å². The van der Waals surface area contributed by atoms with Gasteiger partial charge in [0.05, 0.1) is 16.3 Å². The van der Waals surface area contributed by atoms with Crippen molar-refractivity contribution >= 4 is 57.9 Å². The fourth-order valence-electron chi connectivity index (χ4n) is 2.28. The van der Waals surface area contributed by atoms with E-state index in [0.29, 0.717) is 9.92 Å². The van der Waals surface area contributed by atoms with Crippen molar-refractivity contribution in [3.05, 3.63) is 68.9 Å². The monoisotopic (exact) mass is 369 g/mol. The molecule has 2 aromatic rings. The first-order valence-corrected chi connectivity index (χ1v) is 7.53. The summed E-state index contributed by atoms with van der Waals surface area (Å²) in [7, 11) is 0. The average Bonchev–Trinajstić information content (AvgIpc) is 2.71. The first-order chi connectivity index (χ1) is 10.9. The lowest BCUT2D eigenvalue weighted by atomic mass is 10.1. The zero-order valence-electron chi connectivity index (χ0n) is 11.3. The zero-order chi connectivity index (χ0) is 16.7. The van der Waals surface area contributed by atoms with Gasteiger partial charge in [-0.2, -0.15) is 0 Å². The van der Waals surface area contributed by atoms with Gasteiger partial charge in [0.25, 0.3) is 11.8 Å². The number of carbonyl (C=O) groups is 2. The van der Waals surface area contributed by atoms with Crippen LogP contribution >= 0.6 is 34.8 Å². The Labute approximate surface area is 145 Å². The van der Waals surface area contributed by atoms with Crippen molar-refractivity contribution in [1.82, 2.24) is 0 Å². The number of halogens is 4. The number of imide groups is 1. The van der Waals surface area contributed by atoms with Crippen LogP contribution in [0.2, 0.25) is 10.0 Å². The Morgan fingerprint density at radius 2 is 1.61 bits per heavy atom. The van der Waals surface area contributed by atoms with Crippen molar-refractivity contribution in [1.29, 1.82) is 0 Å². The number of amides is 2. The molecule has 1 aliphatic heterocycles. The molecule has 1 heterocycles. The minimum absolute atomic E-state index is 0.0819. The lowest BCUT2D eigenvalue weighted by molar-refractivity contribution is -0.119. The summed E-state index contributed by atoms with van der Waals surface area (Å²) in [5.74, 6) is -2.25. The first kappa shape index (κ1) is 16.0. The van der Waals surface area contributed by atoms with Gasteiger partial charge in [0, 0.05) is 10.6 Å². The van der Waals surface area contributed by atoms with E-state index in [0.717, 1.165) is 6.07 Å². The number of benzene rings is 2. The molecule has 3 nitrogen and oxygen atoms in total. The Hall–Kier alpha value is -1.88. The van der Waals surface area contributed by atoms with E-state index in [1.807, 2.05) is 0 Å². The minimum atomic E-state index is -0.803. The van der Waals surface area contributed by atoms with Gasteiger partial charge < -0.3 is 0 Å². The third-order valence-electron chi connectivity index (χ3n) is 3.32. The highest BCUT2D eigenvalue weighted by molar-refractivity contribution is 6.60. The van der Waals surface area contributed by atoms with E-state index in [-0.39, 0.29) is 26.9 Å². The van der Waals surface area contributed by atoms with Crippen LogP contribution in [0.5, 0.6) is 0 Å². The second kappa shape index (κ2) is 5.96. The van der Waals surface area contributed by atoms with Crippen LogP contribution in [0.4, 0.5) is 10.1 Å². The van der Waals surface area contributed by atoms with Gasteiger partial charge in [-0.05, 0) is 24.3 Å². The Kier molecular flexibility index (Phi) is 4.15. The number of hydrogen-bond donors (Lipinski definition) is 0. The van der Waals surface area contributed by atoms with Crippen LogP contribution < -0.4 is 4.90 Å². The molecule has 0 unspecified atom stereocenters. The van der Waals surface area contributed by atoms with Crippen LogP contribution in [-0.2, 0) is 9.59 Å². The Balaban J connectivity index is 2.12. The maximum absolute atomic E-state index is 13.9. The van der Waals surface area contributed by atoms with Gasteiger partial charge in [-0.15, -0.1) is 0 Å². The van der Waals surface area contributed by atoms with E-state index >= 15 is 0 Å². The molecule has 0 fully saturated rings. The van der Waals surface area contributed by atoms with Crippen LogP contribution in [0, 0.1) is 5.82 Å². The van der Waals surface area contributed by atoms with Gasteiger partial charge in [-0.1, -0.05) is 53.0 Å². The van der Waals surface area contributed by atoms with E-state index in [2.05, 4.69) is 0 Å². The van der Waals surface area contributed by atoms with Crippen molar-refractivity contribution in [2.75, 3.05) is 4.90 Å². The summed E-state index contributed by atoms with van der Waals surface area (Å²) in [5.41, 5.74) is 0.0144. The van der Waals surface area contributed by atoms with Crippen molar-refractivity contribution in [2.24, 2.45) is 0 Å². The number of anilines is 1. The topological polar surface area (TPSA) is 37.4 Å². The normalized spacial score (nSPS) is 14.9. The number of para-hydroxylation sites is 1. The molecule has 0 atom stereocenters. The number of nitrogens with zero attached hydrogens (tertiary/aromatic N) is 1. The molecule has 23 heavy (non-hydrogen) atoms. The SMILES string of the molecule is O=C1C(Cl)=C(c2ccc(Cl)cc2Cl)C(=O)N1c1ccccc1F. The van der Waals surface area contributed by atoms with Gasteiger partial charge in [-0.25, -0.2) is 9.29 Å². The third kappa shape index (κ3) is 2.63. The highest BCUT2D eigenvalue weighted by atomic mass is 35.5. The molecule has 0 saturated heterocycles. The standard InChI is InChI=1S/C16H7Cl3FNO2/c17-8-5-6-9(10(18)7-8)13-14(19)16(23)21(15(13)22)12-4-2-1-3-11(12)20/h1-7H. The van der Waals surface area contributed by atoms with E-state index in [4.69, 9.17) is 34.8 Å². The average molecular weight is 371 g/mol. The summed E-state index contributed by atoms with van der Waals surface area (Å²) in [6.45, 7) is 0. The van der Waals surface area contributed by atoms with Crippen LogP contribution in [0.3, 0.4) is 0 Å². The van der Waals surface area contributed by atoms with Gasteiger partial charge in [0.1, 0.15) is 10.8 Å². The Morgan fingerprint density at radius 3 is 2.26 bits per heavy atom. The lowest BCUT2D eigenvalue weighted by Gasteiger charge is -2.15. The predicted octanol–water partition coefficient (Wildman–Crippen LogP) is 4.66. The second-order valence-electron chi connectivity index (χ2n) is 4.71. The lowest BCUT2D eigenvalue weighted by Crippen LogP contribution is -2.31. The number of rotatable bonds is 2. The van der Waals surface area contributed by atoms with Crippen LogP contribution in [0.15, 0.2) is 47.5 Å². The van der Waals surface area contributed by atoms with Crippen molar-refractivity contribution < 1.29 is 14.0 Å². The van der Waals surface area contributed by atoms with Crippen molar-refractivity contribution in [3.63, 3.8) is 0 Å². The predicted molar refractivity (Wildman–Crippen MR) is 88.1 cm³/mol. The van der Waals surface area contributed by atoms with Crippen molar-refractivity contribution in [2.45, 2.75) is 0 Å². The summed E-state index contributed by atoms with van der Waals surface area (Å²) in [6.07, 6.45) is 0. The van der Waals surface area contributed by atoms with E-state index < -0.39 is 17.6 Å². The van der Waals surface area contributed by atoms with E-state index in [1.54, 1.807) is 0 Å². The molecule has 0 radical (unpaired) electrons. The summed E-state index contributed by atoms with van der Waals surface area (Å²) < 4.78 is 13.9. The molecule has 0 spiro atoms. The summed E-state index contributed by atoms with van der Waals surface area (Å²) in [5, 5.41) is 0.225. The smallest absolute Gasteiger partial charge is 0.268 e. The molecular formula is C16H7Cl3FNO2. The summed E-state index contributed by atoms with van der Waals surface area (Å²) >= 11 is 17.9. The molecule has 2 aromatic carbocycles. The third-order valence-corrected chi connectivity index (χ3v) is 4.22. The van der Waals surface area contributed by atoms with Crippen LogP contribution in [-0.4, -0.2) is 11.8 Å². The minimum Gasteiger partial charge on any atom is -0.268 e. The molecule has 0 aliphatic carbocycles. The second-order valence-corrected chi connectivity index (χ2v) is 5.93. The molecule has 116 valence electrons. The van der Waals surface area contributed by atoms with Crippen LogP contribution in [0.1, 0.15) is 5.56 Å². The van der Waals surface area contributed by atoms with E-state index in [1.165, 1.54) is 36.4 Å². The highest BCUT2D eigenvalue weighted by Crippen LogP contribution is 2.38. The molecule has 1 aliphatic rings. The van der Waals surface area contributed by atoms with Gasteiger partial charge in [-0.3, -0.25) is 9.59 Å². The Morgan fingerprint density at radius 1 is 0.913 bits per heavy atom. The maximum Gasteiger partial charge on any atom is 0.277 e. The molecule has 0 N–H and O–H groups in total. The van der Waals surface area contributed by atoms with Gasteiger partial charge in [0.15, 0.2) is 0 Å². The van der Waals surface area contributed by atoms with Crippen LogP contribution in [0.25, 0.3) is 5.57 Å². The van der Waals surface area contributed by atoms with E-state index in [9.17, 15) is 14.0 Å². The summed E-state index contributed by atoms with van der Waals surface area (Å²) in [4.78, 5) is 25.6. The molecule has 7 heteroatoms. The molecule has 3 rings (SSSR count). The summed E-state index contributed by atoms with van der Waals surface area (Å²) in [6, 6.07) is 9.87. The Bertz CT molecular complexity index is 879. The highest BCUT2D eigenvalue weighted by Gasteiger charge is 2.40. The molecular weight excluding hydrogens is 364 g/mol. The molecule has 0 saturated carbocycles. The largest absolute Gasteiger partial charge is 0.277 e. The first-order valence-electron chi connectivity index (χ1n) is 6.40. The number of hydrogen-bond acceptors (Lipinski definition) is 2. The van der Waals surface area contributed by atoms with Gasteiger partial charge in [0.2, 0.25) is 0 Å². The molecule has 0 aromatic heterocycles. The fourth-order valence-corrected chi connectivity index (χ4v) is 3.05. The van der Waals surface area contributed by atoms with Gasteiger partial charge >= 0.3 is 0 Å². The fraction of sp³-hybridized carbons (Fsp3) is 0. The molecule has 2 amide bonds. The number of carbonyl (C=O) groups excluding carboxylic acids is 2. The quantitative estimate of drug-likeness (QED) is 0.721. The zero-order valence-corrected chi connectivity index (χ0v) is 13.6. The molecule has 0 bridgehead atoms.